The molecule has 35 heavy (non-hydrogen) atoms. The van der Waals surface area contributed by atoms with Gasteiger partial charge in [0.05, 0.1) is 0 Å². The molecule has 2 aromatic carbocycles. The van der Waals surface area contributed by atoms with Crippen molar-refractivity contribution in [3.05, 3.63) is 77.9 Å². The van der Waals surface area contributed by atoms with Crippen molar-refractivity contribution in [2.45, 2.75) is 43.6 Å². The Hall–Kier alpha value is -2.85. The first-order chi connectivity index (χ1) is 16.8. The van der Waals surface area contributed by atoms with Crippen LogP contribution in [0, 0.1) is 23.5 Å². The third kappa shape index (κ3) is 3.83. The maximum atomic E-state index is 15.2. The normalized spacial score (nSPS) is 29.8. The van der Waals surface area contributed by atoms with Gasteiger partial charge in [-0.25, -0.2) is 17.2 Å². The number of aromatic nitrogens is 3. The molecule has 3 aromatic rings. The van der Waals surface area contributed by atoms with E-state index < -0.39 is 26.9 Å². The number of benzene rings is 2. The number of nitrogens with zero attached hydrogens (tertiary/aromatic N) is 5. The van der Waals surface area contributed by atoms with Crippen LogP contribution in [0.3, 0.4) is 0 Å². The monoisotopic (exact) mass is 499 g/mol. The predicted octanol–water partition coefficient (Wildman–Crippen LogP) is 3.92. The van der Waals surface area contributed by atoms with Crippen LogP contribution in [0.5, 0.6) is 0 Å². The predicted molar refractivity (Wildman–Crippen MR) is 127 cm³/mol. The number of halogens is 2. The zero-order valence-corrected chi connectivity index (χ0v) is 20.2. The molecule has 6 rings (SSSR count). The van der Waals surface area contributed by atoms with Gasteiger partial charge in [-0.15, -0.1) is 10.2 Å². The van der Waals surface area contributed by atoms with E-state index in [-0.39, 0.29) is 24.3 Å². The Morgan fingerprint density at radius 1 is 0.971 bits per heavy atom. The third-order valence-corrected chi connectivity index (χ3v) is 10.2. The summed E-state index contributed by atoms with van der Waals surface area (Å²) in [6.45, 7) is 2.93. The molecule has 3 heterocycles. The summed E-state index contributed by atoms with van der Waals surface area (Å²) in [5.41, 5.74) is 1.04. The maximum Gasteiger partial charge on any atom is 0.221 e. The summed E-state index contributed by atoms with van der Waals surface area (Å²) in [4.78, 5) is 1.76. The summed E-state index contributed by atoms with van der Waals surface area (Å²) in [6, 6.07) is 11.8. The van der Waals surface area contributed by atoms with Crippen molar-refractivity contribution in [2.75, 3.05) is 18.0 Å². The van der Waals surface area contributed by atoms with Crippen LogP contribution in [0.1, 0.15) is 42.2 Å². The highest BCUT2D eigenvalue weighted by atomic mass is 32.2. The largest absolute Gasteiger partial charge is 0.366 e. The van der Waals surface area contributed by atoms with E-state index in [9.17, 15) is 8.42 Å². The van der Waals surface area contributed by atoms with Gasteiger partial charge in [0.15, 0.2) is 0 Å². The molecule has 7 nitrogen and oxygen atoms in total. The highest BCUT2D eigenvalue weighted by Crippen LogP contribution is 2.56. The SMILES string of the molecule is C[C@H]1CC[C@H](c2ccccc2)S(=O)(=O)N1Cc1cc(F)c(N2C[C@@H]3C(n4cnnc4)[C@@H]3C2)c(F)c1. The Bertz CT molecular complexity index is 1300. The smallest absolute Gasteiger partial charge is 0.221 e. The molecule has 2 aliphatic heterocycles. The van der Waals surface area contributed by atoms with Gasteiger partial charge in [-0.05, 0) is 43.0 Å². The lowest BCUT2D eigenvalue weighted by molar-refractivity contribution is 0.281. The van der Waals surface area contributed by atoms with Crippen LogP contribution in [0.4, 0.5) is 14.5 Å². The molecule has 0 spiro atoms. The lowest BCUT2D eigenvalue weighted by Gasteiger charge is -2.37. The zero-order valence-electron chi connectivity index (χ0n) is 19.3. The molecule has 5 atom stereocenters. The van der Waals surface area contributed by atoms with Gasteiger partial charge in [0, 0.05) is 43.6 Å². The first-order valence-electron chi connectivity index (χ1n) is 12.0. The van der Waals surface area contributed by atoms with Crippen molar-refractivity contribution in [2.24, 2.45) is 11.8 Å². The van der Waals surface area contributed by atoms with Crippen LogP contribution >= 0.6 is 0 Å². The molecule has 3 aliphatic rings. The minimum atomic E-state index is -3.68. The van der Waals surface area contributed by atoms with Crippen LogP contribution in [0.15, 0.2) is 55.1 Å². The highest BCUT2D eigenvalue weighted by Gasteiger charge is 2.57. The van der Waals surface area contributed by atoms with E-state index in [1.807, 2.05) is 41.8 Å². The second-order valence-electron chi connectivity index (χ2n) is 9.96. The fourth-order valence-electron chi connectivity index (χ4n) is 6.03. The van der Waals surface area contributed by atoms with Crippen molar-refractivity contribution in [1.82, 2.24) is 19.1 Å². The van der Waals surface area contributed by atoms with Gasteiger partial charge >= 0.3 is 0 Å². The molecule has 0 N–H and O–H groups in total. The zero-order chi connectivity index (χ0) is 24.3. The van der Waals surface area contributed by atoms with Gasteiger partial charge in [-0.1, -0.05) is 30.3 Å². The Labute approximate surface area is 203 Å². The number of sulfonamides is 1. The molecular formula is C25H27F2N5O2S. The van der Waals surface area contributed by atoms with Gasteiger partial charge in [-0.3, -0.25) is 0 Å². The van der Waals surface area contributed by atoms with Crippen molar-refractivity contribution >= 4 is 15.7 Å². The van der Waals surface area contributed by atoms with Crippen LogP contribution in [-0.2, 0) is 16.6 Å². The molecule has 1 aliphatic carbocycles. The average Bonchev–Trinajstić information content (AvgIpc) is 3.19. The minimum Gasteiger partial charge on any atom is -0.366 e. The fourth-order valence-corrected chi connectivity index (χ4v) is 8.22. The number of rotatable bonds is 5. The molecule has 10 heteroatoms. The molecule has 1 unspecified atom stereocenters. The lowest BCUT2D eigenvalue weighted by Crippen LogP contribution is -2.44. The second kappa shape index (κ2) is 8.37. The number of hydrogen-bond acceptors (Lipinski definition) is 5. The summed E-state index contributed by atoms with van der Waals surface area (Å²) in [7, 11) is -3.68. The molecule has 0 radical (unpaired) electrons. The number of piperidine rings is 1. The van der Waals surface area contributed by atoms with Gasteiger partial charge in [0.25, 0.3) is 0 Å². The van der Waals surface area contributed by atoms with Crippen molar-refractivity contribution < 1.29 is 17.2 Å². The van der Waals surface area contributed by atoms with E-state index in [2.05, 4.69) is 10.2 Å². The second-order valence-corrected chi connectivity index (χ2v) is 12.0. The van der Waals surface area contributed by atoms with Gasteiger partial charge < -0.3 is 9.47 Å². The molecule has 0 amide bonds. The fraction of sp³-hybridized carbons (Fsp3) is 0.440. The van der Waals surface area contributed by atoms with Crippen LogP contribution in [0.2, 0.25) is 0 Å². The third-order valence-electron chi connectivity index (χ3n) is 7.86. The van der Waals surface area contributed by atoms with Gasteiger partial charge in [0.2, 0.25) is 10.0 Å². The standard InChI is InChI=1S/C25H27F2N5O2S/c1-16-7-8-23(18-5-3-2-4-6-18)35(33,34)32(16)11-17-9-21(26)25(22(27)10-17)30-12-19-20(13-30)24(19)31-14-28-29-15-31/h2-6,9-10,14-16,19-20,23-24H,7-8,11-13H2,1H3/t16-,19-,20+,23+,24?/m0/s1. The van der Waals surface area contributed by atoms with Crippen LogP contribution in [-0.4, -0.2) is 46.6 Å². The molecule has 3 fully saturated rings. The van der Waals surface area contributed by atoms with Crippen LogP contribution < -0.4 is 4.90 Å². The number of fused-ring (bicyclic) bond motifs is 1. The Kier molecular flexibility index (Phi) is 5.41. The molecular weight excluding hydrogens is 472 g/mol. The maximum absolute atomic E-state index is 15.2. The summed E-state index contributed by atoms with van der Waals surface area (Å²) in [5.74, 6) is -0.662. The van der Waals surface area contributed by atoms with E-state index in [1.165, 1.54) is 16.4 Å². The number of hydrogen-bond donors (Lipinski definition) is 0. The van der Waals surface area contributed by atoms with Crippen molar-refractivity contribution in [1.29, 1.82) is 0 Å². The molecule has 184 valence electrons. The quantitative estimate of drug-likeness (QED) is 0.532. The highest BCUT2D eigenvalue weighted by molar-refractivity contribution is 7.89. The van der Waals surface area contributed by atoms with Gasteiger partial charge in [-0.2, -0.15) is 4.31 Å². The number of anilines is 1. The van der Waals surface area contributed by atoms with E-state index in [4.69, 9.17) is 0 Å². The summed E-state index contributed by atoms with van der Waals surface area (Å²) >= 11 is 0. The summed E-state index contributed by atoms with van der Waals surface area (Å²) in [5, 5.41) is 7.04. The first kappa shape index (κ1) is 22.6. The molecule has 0 bridgehead atoms. The summed E-state index contributed by atoms with van der Waals surface area (Å²) < 4.78 is 60.7. The topological polar surface area (TPSA) is 71.3 Å². The molecule has 1 saturated carbocycles. The van der Waals surface area contributed by atoms with E-state index in [0.29, 0.717) is 43.3 Å². The average molecular weight is 500 g/mol. The molecule has 1 aromatic heterocycles. The van der Waals surface area contributed by atoms with Crippen molar-refractivity contribution in [3.63, 3.8) is 0 Å². The minimum absolute atomic E-state index is 0.0276. The first-order valence-corrected chi connectivity index (χ1v) is 13.5. The Morgan fingerprint density at radius 3 is 2.23 bits per heavy atom. The lowest BCUT2D eigenvalue weighted by atomic mass is 10.0. The summed E-state index contributed by atoms with van der Waals surface area (Å²) in [6.07, 6.45) is 4.58. The van der Waals surface area contributed by atoms with E-state index in [1.54, 1.807) is 17.6 Å². The van der Waals surface area contributed by atoms with Gasteiger partial charge in [0.1, 0.15) is 35.2 Å². The Morgan fingerprint density at radius 2 is 1.60 bits per heavy atom. The van der Waals surface area contributed by atoms with E-state index >= 15 is 8.78 Å². The Balaban J connectivity index is 1.20. The van der Waals surface area contributed by atoms with E-state index in [0.717, 1.165) is 5.56 Å². The van der Waals surface area contributed by atoms with Crippen LogP contribution in [0.25, 0.3) is 0 Å². The van der Waals surface area contributed by atoms with Crippen molar-refractivity contribution in [3.8, 4) is 0 Å². The molecule has 2 saturated heterocycles.